The van der Waals surface area contributed by atoms with Crippen molar-refractivity contribution in [1.29, 1.82) is 0 Å². The summed E-state index contributed by atoms with van der Waals surface area (Å²) >= 11 is 0. The minimum Gasteiger partial charge on any atom is -0.497 e. The van der Waals surface area contributed by atoms with E-state index in [1.807, 2.05) is 0 Å². The van der Waals surface area contributed by atoms with Crippen molar-refractivity contribution >= 4 is 17.6 Å². The van der Waals surface area contributed by atoms with Crippen LogP contribution in [0.15, 0.2) is 42.5 Å². The zero-order valence-electron chi connectivity index (χ0n) is 12.8. The van der Waals surface area contributed by atoms with Crippen molar-refractivity contribution in [3.63, 3.8) is 0 Å². The smallest absolute Gasteiger partial charge is 0.310 e. The van der Waals surface area contributed by atoms with Crippen LogP contribution in [0.5, 0.6) is 5.75 Å². The van der Waals surface area contributed by atoms with Crippen molar-refractivity contribution in [1.82, 2.24) is 0 Å². The Hall–Kier alpha value is -2.96. The maximum atomic E-state index is 13.0. The third kappa shape index (κ3) is 5.05. The second-order valence-electron chi connectivity index (χ2n) is 4.87. The standard InChI is InChI=1S/C17H15F2NO4/c1-23-13-4-2-3-11(7-13)8-17(22)24-10-16(21)20-12-5-6-14(18)15(19)9-12/h2-7,9H,8,10H2,1H3,(H,20,21). The molecule has 2 rings (SSSR count). The van der Waals surface area contributed by atoms with Gasteiger partial charge in [0.15, 0.2) is 18.2 Å². The molecule has 24 heavy (non-hydrogen) atoms. The minimum absolute atomic E-state index is 0.0182. The molecule has 0 bridgehead atoms. The van der Waals surface area contributed by atoms with Gasteiger partial charge in [-0.1, -0.05) is 12.1 Å². The molecule has 5 nitrogen and oxygen atoms in total. The highest BCUT2D eigenvalue weighted by Gasteiger charge is 2.10. The van der Waals surface area contributed by atoms with Gasteiger partial charge in [0.1, 0.15) is 5.75 Å². The first-order valence-electron chi connectivity index (χ1n) is 7.01. The van der Waals surface area contributed by atoms with Gasteiger partial charge in [0, 0.05) is 11.8 Å². The van der Waals surface area contributed by atoms with E-state index in [1.54, 1.807) is 24.3 Å². The van der Waals surface area contributed by atoms with E-state index in [9.17, 15) is 18.4 Å². The molecule has 1 amide bonds. The molecule has 2 aromatic carbocycles. The van der Waals surface area contributed by atoms with Crippen LogP contribution < -0.4 is 10.1 Å². The summed E-state index contributed by atoms with van der Waals surface area (Å²) in [5.41, 5.74) is 0.753. The number of benzene rings is 2. The fourth-order valence-corrected chi connectivity index (χ4v) is 1.92. The van der Waals surface area contributed by atoms with Gasteiger partial charge >= 0.3 is 5.97 Å². The Labute approximate surface area is 137 Å². The van der Waals surface area contributed by atoms with Crippen LogP contribution in [-0.4, -0.2) is 25.6 Å². The molecule has 0 saturated heterocycles. The highest BCUT2D eigenvalue weighted by Crippen LogP contribution is 2.14. The van der Waals surface area contributed by atoms with E-state index in [-0.39, 0.29) is 12.1 Å². The molecule has 0 aliphatic carbocycles. The molecular formula is C17H15F2NO4. The summed E-state index contributed by atoms with van der Waals surface area (Å²) in [5.74, 6) is -2.74. The summed E-state index contributed by atoms with van der Waals surface area (Å²) in [5, 5.41) is 2.30. The summed E-state index contributed by atoms with van der Waals surface area (Å²) in [7, 11) is 1.51. The molecule has 0 saturated carbocycles. The summed E-state index contributed by atoms with van der Waals surface area (Å²) in [6, 6.07) is 9.81. The number of esters is 1. The van der Waals surface area contributed by atoms with Gasteiger partial charge in [0.2, 0.25) is 0 Å². The molecule has 0 aliphatic rings. The van der Waals surface area contributed by atoms with Crippen LogP contribution in [-0.2, 0) is 20.7 Å². The average molecular weight is 335 g/mol. The van der Waals surface area contributed by atoms with Crippen LogP contribution >= 0.6 is 0 Å². The van der Waals surface area contributed by atoms with E-state index in [1.165, 1.54) is 13.2 Å². The number of hydrogen-bond donors (Lipinski definition) is 1. The van der Waals surface area contributed by atoms with Crippen molar-refractivity contribution in [2.75, 3.05) is 19.0 Å². The fraction of sp³-hybridized carbons (Fsp3) is 0.176. The number of amides is 1. The molecule has 0 atom stereocenters. The van der Waals surface area contributed by atoms with Crippen molar-refractivity contribution in [2.45, 2.75) is 6.42 Å². The number of ether oxygens (including phenoxy) is 2. The van der Waals surface area contributed by atoms with Gasteiger partial charge in [-0.3, -0.25) is 9.59 Å². The van der Waals surface area contributed by atoms with E-state index in [2.05, 4.69) is 5.32 Å². The molecule has 7 heteroatoms. The summed E-state index contributed by atoms with van der Waals surface area (Å²) in [6.07, 6.45) is -0.0182. The van der Waals surface area contributed by atoms with Crippen molar-refractivity contribution in [3.8, 4) is 5.75 Å². The first-order chi connectivity index (χ1) is 11.5. The van der Waals surface area contributed by atoms with Gasteiger partial charge in [-0.15, -0.1) is 0 Å². The summed E-state index contributed by atoms with van der Waals surface area (Å²) in [6.45, 7) is -0.526. The molecule has 0 aromatic heterocycles. The minimum atomic E-state index is -1.08. The second-order valence-corrected chi connectivity index (χ2v) is 4.87. The Morgan fingerprint density at radius 3 is 2.58 bits per heavy atom. The van der Waals surface area contributed by atoms with Gasteiger partial charge in [-0.2, -0.15) is 0 Å². The van der Waals surface area contributed by atoms with Crippen molar-refractivity contribution < 1.29 is 27.8 Å². The molecule has 126 valence electrons. The molecule has 0 aliphatic heterocycles. The van der Waals surface area contributed by atoms with Crippen LogP contribution in [0.2, 0.25) is 0 Å². The number of rotatable bonds is 6. The lowest BCUT2D eigenvalue weighted by molar-refractivity contribution is -0.146. The molecule has 1 N–H and O–H groups in total. The maximum absolute atomic E-state index is 13.0. The Balaban J connectivity index is 1.82. The number of anilines is 1. The topological polar surface area (TPSA) is 64.6 Å². The largest absolute Gasteiger partial charge is 0.497 e. The number of carbonyl (C=O) groups is 2. The Morgan fingerprint density at radius 2 is 1.88 bits per heavy atom. The Morgan fingerprint density at radius 1 is 1.08 bits per heavy atom. The van der Waals surface area contributed by atoms with E-state index in [0.717, 1.165) is 12.1 Å². The van der Waals surface area contributed by atoms with Crippen molar-refractivity contribution in [3.05, 3.63) is 59.7 Å². The van der Waals surface area contributed by atoms with Gasteiger partial charge < -0.3 is 14.8 Å². The Bertz CT molecular complexity index is 749. The number of hydrogen-bond acceptors (Lipinski definition) is 4. The zero-order chi connectivity index (χ0) is 17.5. The number of carbonyl (C=O) groups excluding carboxylic acids is 2. The van der Waals surface area contributed by atoms with Crippen LogP contribution in [0.3, 0.4) is 0 Å². The number of methoxy groups -OCH3 is 1. The lowest BCUT2D eigenvalue weighted by Gasteiger charge is -2.07. The first kappa shape index (κ1) is 17.4. The SMILES string of the molecule is COc1cccc(CC(=O)OCC(=O)Nc2ccc(F)c(F)c2)c1. The highest BCUT2D eigenvalue weighted by molar-refractivity contribution is 5.92. The van der Waals surface area contributed by atoms with E-state index in [4.69, 9.17) is 9.47 Å². The summed E-state index contributed by atoms with van der Waals surface area (Å²) < 4.78 is 35.7. The van der Waals surface area contributed by atoms with Gasteiger partial charge in [0.25, 0.3) is 5.91 Å². The van der Waals surface area contributed by atoms with Crippen LogP contribution in [0.4, 0.5) is 14.5 Å². The Kier molecular flexibility index (Phi) is 5.83. The molecule has 0 radical (unpaired) electrons. The predicted molar refractivity (Wildman–Crippen MR) is 82.6 cm³/mol. The molecular weight excluding hydrogens is 320 g/mol. The third-order valence-electron chi connectivity index (χ3n) is 3.05. The van der Waals surface area contributed by atoms with Gasteiger partial charge in [-0.05, 0) is 29.8 Å². The van der Waals surface area contributed by atoms with Crippen molar-refractivity contribution in [2.24, 2.45) is 0 Å². The van der Waals surface area contributed by atoms with Crippen LogP contribution in [0, 0.1) is 11.6 Å². The fourth-order valence-electron chi connectivity index (χ4n) is 1.92. The molecule has 2 aromatic rings. The third-order valence-corrected chi connectivity index (χ3v) is 3.05. The van der Waals surface area contributed by atoms with Crippen LogP contribution in [0.1, 0.15) is 5.56 Å². The number of nitrogens with one attached hydrogen (secondary N) is 1. The summed E-state index contributed by atoms with van der Waals surface area (Å²) in [4.78, 5) is 23.4. The molecule has 0 heterocycles. The van der Waals surface area contributed by atoms with Gasteiger partial charge in [0.05, 0.1) is 13.5 Å². The van der Waals surface area contributed by atoms with E-state index in [0.29, 0.717) is 11.3 Å². The first-order valence-corrected chi connectivity index (χ1v) is 7.01. The average Bonchev–Trinajstić information content (AvgIpc) is 2.56. The lowest BCUT2D eigenvalue weighted by atomic mass is 10.1. The van der Waals surface area contributed by atoms with E-state index < -0.39 is 30.1 Å². The highest BCUT2D eigenvalue weighted by atomic mass is 19.2. The quantitative estimate of drug-likeness (QED) is 0.825. The molecule has 0 fully saturated rings. The molecule has 0 unspecified atom stereocenters. The van der Waals surface area contributed by atoms with Crippen LogP contribution in [0.25, 0.3) is 0 Å². The number of halogens is 2. The normalized spacial score (nSPS) is 10.1. The zero-order valence-corrected chi connectivity index (χ0v) is 12.8. The lowest BCUT2D eigenvalue weighted by Crippen LogP contribution is -2.21. The maximum Gasteiger partial charge on any atom is 0.310 e. The van der Waals surface area contributed by atoms with E-state index >= 15 is 0 Å². The molecule has 0 spiro atoms. The monoisotopic (exact) mass is 335 g/mol. The van der Waals surface area contributed by atoms with Gasteiger partial charge in [-0.25, -0.2) is 8.78 Å². The second kappa shape index (κ2) is 8.05. The predicted octanol–water partition coefficient (Wildman–Crippen LogP) is 2.70.